The van der Waals surface area contributed by atoms with Gasteiger partial charge in [0.25, 0.3) is 0 Å². The van der Waals surface area contributed by atoms with Crippen molar-refractivity contribution < 1.29 is 13.9 Å². The Bertz CT molecular complexity index is 1360. The number of piperidine rings is 2. The lowest BCUT2D eigenvalue weighted by molar-refractivity contribution is 0.0000874. The minimum absolute atomic E-state index is 0.0926. The molecule has 3 fully saturated rings. The van der Waals surface area contributed by atoms with Gasteiger partial charge in [-0.15, -0.1) is 10.2 Å². The number of anilines is 1. The van der Waals surface area contributed by atoms with E-state index in [1.165, 1.54) is 17.8 Å². The average molecular weight is 540 g/mol. The Morgan fingerprint density at radius 3 is 2.63 bits per heavy atom. The van der Waals surface area contributed by atoms with Gasteiger partial charge < -0.3 is 15.3 Å². The molecule has 3 aliphatic rings. The Hall–Kier alpha value is -2.92. The van der Waals surface area contributed by atoms with Gasteiger partial charge in [-0.2, -0.15) is 0 Å². The molecule has 3 aromatic rings. The molecule has 0 unspecified atom stereocenters. The van der Waals surface area contributed by atoms with Crippen molar-refractivity contribution in [3.05, 3.63) is 36.4 Å². The first-order valence-corrected chi connectivity index (χ1v) is 14.2. The predicted molar refractivity (Wildman–Crippen MR) is 142 cm³/mol. The molecule has 2 aromatic heterocycles. The van der Waals surface area contributed by atoms with E-state index in [1.807, 2.05) is 18.1 Å². The van der Waals surface area contributed by atoms with Crippen LogP contribution in [0.4, 0.5) is 14.7 Å². The maximum atomic E-state index is 16.0. The van der Waals surface area contributed by atoms with Gasteiger partial charge in [-0.1, -0.05) is 17.8 Å². The molecule has 0 spiro atoms. The molecule has 8 nitrogen and oxygen atoms in total. The van der Waals surface area contributed by atoms with Crippen LogP contribution in [0.2, 0.25) is 0 Å². The van der Waals surface area contributed by atoms with Crippen LogP contribution in [0.3, 0.4) is 0 Å². The molecule has 11 heteroatoms. The van der Waals surface area contributed by atoms with Gasteiger partial charge in [0.15, 0.2) is 11.0 Å². The van der Waals surface area contributed by atoms with Gasteiger partial charge in [0.1, 0.15) is 23.3 Å². The quantitative estimate of drug-likeness (QED) is 0.334. The first kappa shape index (κ1) is 25.4. The number of halogens is 2. The SMILES string of the molecule is CSc1ncc(F)c(-c2ccc(-c3cnc(N(C4CC4)[C@@H]4C[C@@]5(C)CCC[C@](C)(N5)[C@@H]4F)nn3)c(O)c2)n1. The van der Waals surface area contributed by atoms with Crippen molar-refractivity contribution in [1.29, 1.82) is 0 Å². The second-order valence-electron chi connectivity index (χ2n) is 11.2. The summed E-state index contributed by atoms with van der Waals surface area (Å²) in [6, 6.07) is 4.63. The molecule has 4 heterocycles. The molecule has 4 atom stereocenters. The number of benzene rings is 1. The van der Waals surface area contributed by atoms with Crippen molar-refractivity contribution in [2.75, 3.05) is 11.2 Å². The third kappa shape index (κ3) is 4.49. The summed E-state index contributed by atoms with van der Waals surface area (Å²) >= 11 is 1.31. The summed E-state index contributed by atoms with van der Waals surface area (Å²) in [5.74, 6) is -0.248. The number of nitrogens with one attached hydrogen (secondary N) is 1. The summed E-state index contributed by atoms with van der Waals surface area (Å²) in [4.78, 5) is 14.8. The highest BCUT2D eigenvalue weighted by atomic mass is 32.2. The van der Waals surface area contributed by atoms with Crippen molar-refractivity contribution >= 4 is 17.7 Å². The van der Waals surface area contributed by atoms with Crippen molar-refractivity contribution in [3.8, 4) is 28.3 Å². The molecule has 1 aromatic carbocycles. The Labute approximate surface area is 224 Å². The molecule has 200 valence electrons. The first-order chi connectivity index (χ1) is 18.2. The number of alkyl halides is 1. The van der Waals surface area contributed by atoms with E-state index in [-0.39, 0.29) is 29.1 Å². The molecule has 2 aliphatic heterocycles. The van der Waals surface area contributed by atoms with E-state index in [9.17, 15) is 9.50 Å². The largest absolute Gasteiger partial charge is 0.507 e. The normalized spacial score (nSPS) is 28.8. The second kappa shape index (κ2) is 9.37. The van der Waals surface area contributed by atoms with Gasteiger partial charge in [-0.05, 0) is 70.8 Å². The summed E-state index contributed by atoms with van der Waals surface area (Å²) < 4.78 is 30.4. The van der Waals surface area contributed by atoms with Crippen LogP contribution in [0.5, 0.6) is 5.75 Å². The number of hydrogen-bond donors (Lipinski definition) is 2. The lowest BCUT2D eigenvalue weighted by Crippen LogP contribution is -2.73. The fourth-order valence-corrected chi connectivity index (χ4v) is 6.58. The minimum atomic E-state index is -1.05. The van der Waals surface area contributed by atoms with E-state index in [0.717, 1.165) is 38.3 Å². The maximum absolute atomic E-state index is 16.0. The zero-order chi connectivity index (χ0) is 26.7. The van der Waals surface area contributed by atoms with Gasteiger partial charge >= 0.3 is 0 Å². The van der Waals surface area contributed by atoms with Crippen LogP contribution in [0.1, 0.15) is 52.4 Å². The van der Waals surface area contributed by atoms with Crippen LogP contribution in [-0.4, -0.2) is 65.8 Å². The number of fused-ring (bicyclic) bond motifs is 2. The zero-order valence-corrected chi connectivity index (χ0v) is 22.5. The molecule has 0 radical (unpaired) electrons. The number of hydrogen-bond acceptors (Lipinski definition) is 9. The summed E-state index contributed by atoms with van der Waals surface area (Å²) in [6.45, 7) is 4.19. The van der Waals surface area contributed by atoms with E-state index < -0.39 is 17.5 Å². The summed E-state index contributed by atoms with van der Waals surface area (Å²) in [7, 11) is 0. The average Bonchev–Trinajstić information content (AvgIpc) is 3.73. The highest BCUT2D eigenvalue weighted by molar-refractivity contribution is 7.98. The van der Waals surface area contributed by atoms with Crippen molar-refractivity contribution in [1.82, 2.24) is 30.5 Å². The highest BCUT2D eigenvalue weighted by Crippen LogP contribution is 2.46. The van der Waals surface area contributed by atoms with Gasteiger partial charge in [0, 0.05) is 28.2 Å². The molecule has 38 heavy (non-hydrogen) atoms. The van der Waals surface area contributed by atoms with Crippen molar-refractivity contribution in [2.45, 2.75) is 86.9 Å². The maximum Gasteiger partial charge on any atom is 0.245 e. The van der Waals surface area contributed by atoms with Gasteiger partial charge in [-0.25, -0.2) is 23.7 Å². The number of phenols is 1. The topological polar surface area (TPSA) is 100.0 Å². The number of nitrogens with zero attached hydrogens (tertiary/aromatic N) is 6. The fraction of sp³-hybridized carbons (Fsp3) is 0.519. The highest BCUT2D eigenvalue weighted by Gasteiger charge is 2.56. The van der Waals surface area contributed by atoms with Gasteiger partial charge in [0.05, 0.1) is 18.4 Å². The molecule has 2 bridgehead atoms. The number of aromatic hydroxyl groups is 1. The standard InChI is InChI=1S/C27H31F2N7OS/c1-26-9-4-10-27(2,35-26)23(29)20(12-26)36(16-6-7-16)24-30-14-19(33-34-24)17-8-5-15(11-21(17)37)22-18(28)13-31-25(32-22)38-3/h5,8,11,13-14,16,20,23,35,37H,4,6-7,9-10,12H2,1-3H3/t20-,23-,26-,27+/m1/s1. The molecule has 6 rings (SSSR count). The smallest absolute Gasteiger partial charge is 0.245 e. The Morgan fingerprint density at radius 2 is 1.95 bits per heavy atom. The predicted octanol–water partition coefficient (Wildman–Crippen LogP) is 4.93. The van der Waals surface area contributed by atoms with Gasteiger partial charge in [-0.3, -0.25) is 0 Å². The van der Waals surface area contributed by atoms with E-state index >= 15 is 4.39 Å². The van der Waals surface area contributed by atoms with E-state index in [0.29, 0.717) is 34.3 Å². The monoisotopic (exact) mass is 539 g/mol. The van der Waals surface area contributed by atoms with Gasteiger partial charge in [0.2, 0.25) is 5.95 Å². The summed E-state index contributed by atoms with van der Waals surface area (Å²) in [6.07, 6.45) is 8.94. The minimum Gasteiger partial charge on any atom is -0.507 e. The molecule has 1 aliphatic carbocycles. The number of thioether (sulfide) groups is 1. The number of aromatic nitrogens is 5. The van der Waals surface area contributed by atoms with E-state index in [4.69, 9.17) is 0 Å². The van der Waals surface area contributed by atoms with Crippen molar-refractivity contribution in [3.63, 3.8) is 0 Å². The Kier molecular flexibility index (Phi) is 6.26. The van der Waals surface area contributed by atoms with E-state index in [1.54, 1.807) is 18.3 Å². The van der Waals surface area contributed by atoms with Crippen LogP contribution in [0.25, 0.3) is 22.5 Å². The molecule has 1 saturated carbocycles. The van der Waals surface area contributed by atoms with Crippen LogP contribution >= 0.6 is 11.8 Å². The molecule has 2 saturated heterocycles. The number of rotatable bonds is 6. The third-order valence-corrected chi connectivity index (χ3v) is 8.71. The Morgan fingerprint density at radius 1 is 1.13 bits per heavy atom. The third-order valence-electron chi connectivity index (χ3n) is 8.15. The molecule has 0 amide bonds. The zero-order valence-electron chi connectivity index (χ0n) is 21.7. The van der Waals surface area contributed by atoms with Crippen molar-refractivity contribution in [2.24, 2.45) is 0 Å². The van der Waals surface area contributed by atoms with Crippen LogP contribution < -0.4 is 10.2 Å². The molecule has 2 N–H and O–H groups in total. The molecular weight excluding hydrogens is 508 g/mol. The lowest BCUT2D eigenvalue weighted by Gasteiger charge is -2.57. The summed E-state index contributed by atoms with van der Waals surface area (Å²) in [5, 5.41) is 23.6. The van der Waals surface area contributed by atoms with Crippen LogP contribution in [0.15, 0.2) is 35.7 Å². The van der Waals surface area contributed by atoms with E-state index in [2.05, 4.69) is 37.4 Å². The summed E-state index contributed by atoms with van der Waals surface area (Å²) in [5.41, 5.74) is 0.640. The number of phenolic OH excluding ortho intramolecular Hbond substituents is 1. The van der Waals surface area contributed by atoms with Crippen LogP contribution in [-0.2, 0) is 0 Å². The lowest BCUT2D eigenvalue weighted by atomic mass is 9.68. The molecular formula is C27H31F2N7OS. The first-order valence-electron chi connectivity index (χ1n) is 13.0. The second-order valence-corrected chi connectivity index (χ2v) is 12.0. The fourth-order valence-electron chi connectivity index (χ4n) is 6.24. The Balaban J connectivity index is 1.28. The van der Waals surface area contributed by atoms with Crippen LogP contribution in [0, 0.1) is 5.82 Å².